The van der Waals surface area contributed by atoms with Gasteiger partial charge in [-0.3, -0.25) is 9.88 Å². The van der Waals surface area contributed by atoms with E-state index in [-0.39, 0.29) is 12.1 Å². The van der Waals surface area contributed by atoms with Crippen molar-refractivity contribution in [2.24, 2.45) is 0 Å². The van der Waals surface area contributed by atoms with Crippen molar-refractivity contribution in [3.05, 3.63) is 42.4 Å². The summed E-state index contributed by atoms with van der Waals surface area (Å²) in [7, 11) is 0. The molecule has 2 bridgehead atoms. The summed E-state index contributed by atoms with van der Waals surface area (Å²) in [6.45, 7) is 3.76. The Kier molecular flexibility index (Phi) is 2.96. The Morgan fingerprint density at radius 3 is 3.05 bits per heavy atom. The number of fused-ring (bicyclic) bond motifs is 4. The van der Waals surface area contributed by atoms with Crippen LogP contribution in [0.4, 0.5) is 22.0 Å². The number of aryl methyl sites for hydroxylation is 1. The number of pyridine rings is 2. The lowest BCUT2D eigenvalue weighted by molar-refractivity contribution is 0.255. The fourth-order valence-corrected chi connectivity index (χ4v) is 3.15. The number of hydrogen-bond donors (Lipinski definition) is 1. The highest BCUT2D eigenvalue weighted by Crippen LogP contribution is 2.38. The number of carbonyl (C=O) groups is 1. The van der Waals surface area contributed by atoms with Crippen LogP contribution < -0.4 is 15.1 Å². The number of aromatic nitrogens is 2. The van der Waals surface area contributed by atoms with Crippen molar-refractivity contribution in [2.75, 3.05) is 28.2 Å². The third-order valence-corrected chi connectivity index (χ3v) is 4.24. The van der Waals surface area contributed by atoms with Crippen LogP contribution in [0.1, 0.15) is 12.1 Å². The minimum Gasteiger partial charge on any atom is -0.366 e. The van der Waals surface area contributed by atoms with Gasteiger partial charge in [-0.05, 0) is 37.6 Å². The van der Waals surface area contributed by atoms with E-state index in [1.54, 1.807) is 17.3 Å². The maximum atomic E-state index is 12.7. The molecule has 2 aromatic rings. The minimum absolute atomic E-state index is 0.142. The van der Waals surface area contributed by atoms with Crippen LogP contribution in [-0.4, -0.2) is 35.1 Å². The Hall–Kier alpha value is -2.63. The van der Waals surface area contributed by atoms with Gasteiger partial charge >= 0.3 is 6.03 Å². The zero-order chi connectivity index (χ0) is 15.1. The summed E-state index contributed by atoms with van der Waals surface area (Å²) in [5.74, 6) is 0.744. The van der Waals surface area contributed by atoms with Crippen molar-refractivity contribution in [3.8, 4) is 0 Å². The van der Waals surface area contributed by atoms with Crippen LogP contribution in [0.5, 0.6) is 0 Å². The zero-order valence-corrected chi connectivity index (χ0v) is 12.4. The Labute approximate surface area is 128 Å². The minimum atomic E-state index is -0.142. The fourth-order valence-electron chi connectivity index (χ4n) is 3.15. The molecule has 0 aliphatic carbocycles. The predicted molar refractivity (Wildman–Crippen MR) is 85.3 cm³/mol. The number of nitrogens with zero attached hydrogens (tertiary/aromatic N) is 4. The van der Waals surface area contributed by atoms with E-state index in [2.05, 4.69) is 20.2 Å². The molecule has 4 heterocycles. The smallest absolute Gasteiger partial charge is 0.327 e. The molecule has 4 rings (SSSR count). The van der Waals surface area contributed by atoms with Crippen molar-refractivity contribution in [2.45, 2.75) is 19.4 Å². The van der Waals surface area contributed by atoms with Gasteiger partial charge in [0.15, 0.2) is 5.82 Å². The van der Waals surface area contributed by atoms with Gasteiger partial charge in [-0.1, -0.05) is 0 Å². The summed E-state index contributed by atoms with van der Waals surface area (Å²) in [6.07, 6.45) is 4.38. The van der Waals surface area contributed by atoms with Crippen molar-refractivity contribution in [3.63, 3.8) is 0 Å². The summed E-state index contributed by atoms with van der Waals surface area (Å²) in [5, 5.41) is 2.93. The molecule has 1 saturated heterocycles. The quantitative estimate of drug-likeness (QED) is 0.877. The SMILES string of the molecule is Cc1ccc(NC(=O)N2c3ncccc3N3CCC2C3)cn1. The number of hydrogen-bond acceptors (Lipinski definition) is 4. The molecule has 0 aromatic carbocycles. The van der Waals surface area contributed by atoms with Gasteiger partial charge in [0.25, 0.3) is 0 Å². The van der Waals surface area contributed by atoms with Crippen LogP contribution in [0.15, 0.2) is 36.7 Å². The van der Waals surface area contributed by atoms with Crippen LogP contribution in [0.3, 0.4) is 0 Å². The summed E-state index contributed by atoms with van der Waals surface area (Å²) < 4.78 is 0. The highest BCUT2D eigenvalue weighted by molar-refractivity contribution is 6.04. The molecule has 1 atom stereocenters. The molecule has 6 nitrogen and oxygen atoms in total. The van der Waals surface area contributed by atoms with E-state index in [1.807, 2.05) is 31.2 Å². The van der Waals surface area contributed by atoms with E-state index in [1.165, 1.54) is 0 Å². The summed E-state index contributed by atoms with van der Waals surface area (Å²) in [6, 6.07) is 7.73. The van der Waals surface area contributed by atoms with E-state index in [0.717, 1.165) is 36.7 Å². The number of amides is 2. The molecule has 2 aliphatic rings. The summed E-state index contributed by atoms with van der Waals surface area (Å²) in [5.41, 5.74) is 2.66. The normalized spacial score (nSPS) is 19.0. The lowest BCUT2D eigenvalue weighted by Gasteiger charge is -2.35. The van der Waals surface area contributed by atoms with E-state index < -0.39 is 0 Å². The van der Waals surface area contributed by atoms with Gasteiger partial charge in [0.1, 0.15) is 0 Å². The van der Waals surface area contributed by atoms with Gasteiger partial charge in [-0.15, -0.1) is 0 Å². The number of urea groups is 1. The lowest BCUT2D eigenvalue weighted by atomic mass is 10.2. The van der Waals surface area contributed by atoms with Gasteiger partial charge in [-0.2, -0.15) is 0 Å². The zero-order valence-electron chi connectivity index (χ0n) is 12.4. The van der Waals surface area contributed by atoms with Gasteiger partial charge in [0.05, 0.1) is 23.6 Å². The molecule has 22 heavy (non-hydrogen) atoms. The second-order valence-electron chi connectivity index (χ2n) is 5.72. The van der Waals surface area contributed by atoms with Crippen molar-refractivity contribution < 1.29 is 4.79 Å². The van der Waals surface area contributed by atoms with Crippen molar-refractivity contribution >= 4 is 23.2 Å². The molecule has 2 aromatic heterocycles. The largest absolute Gasteiger partial charge is 0.366 e. The third kappa shape index (κ3) is 2.07. The topological polar surface area (TPSA) is 61.4 Å². The maximum absolute atomic E-state index is 12.7. The highest BCUT2D eigenvalue weighted by atomic mass is 16.2. The Morgan fingerprint density at radius 1 is 1.32 bits per heavy atom. The molecule has 0 spiro atoms. The van der Waals surface area contributed by atoms with Crippen LogP contribution >= 0.6 is 0 Å². The monoisotopic (exact) mass is 295 g/mol. The van der Waals surface area contributed by atoms with Crippen LogP contribution in [0.2, 0.25) is 0 Å². The average Bonchev–Trinajstić information content (AvgIpc) is 2.94. The van der Waals surface area contributed by atoms with Crippen LogP contribution in [0, 0.1) is 6.92 Å². The van der Waals surface area contributed by atoms with E-state index in [4.69, 9.17) is 0 Å². The number of rotatable bonds is 1. The van der Waals surface area contributed by atoms with Crippen molar-refractivity contribution in [1.29, 1.82) is 0 Å². The van der Waals surface area contributed by atoms with Gasteiger partial charge in [0, 0.05) is 25.0 Å². The standard InChI is InChI=1S/C16H17N5O/c1-11-4-5-12(9-18-11)19-16(22)21-13-6-8-20(10-13)14-3-2-7-17-15(14)21/h2-5,7,9,13H,6,8,10H2,1H3,(H,19,22). The first-order valence-corrected chi connectivity index (χ1v) is 7.45. The maximum Gasteiger partial charge on any atom is 0.327 e. The predicted octanol–water partition coefficient (Wildman–Crippen LogP) is 2.42. The van der Waals surface area contributed by atoms with Gasteiger partial charge < -0.3 is 10.2 Å². The Morgan fingerprint density at radius 2 is 2.23 bits per heavy atom. The molecule has 112 valence electrons. The molecule has 1 unspecified atom stereocenters. The van der Waals surface area contributed by atoms with Gasteiger partial charge in [-0.25, -0.2) is 9.78 Å². The van der Waals surface area contributed by atoms with E-state index in [0.29, 0.717) is 5.69 Å². The number of carbonyl (C=O) groups excluding carboxylic acids is 1. The molecule has 2 aliphatic heterocycles. The van der Waals surface area contributed by atoms with Gasteiger partial charge in [0.2, 0.25) is 0 Å². The number of anilines is 3. The second kappa shape index (κ2) is 4.98. The Balaban J connectivity index is 1.64. The van der Waals surface area contributed by atoms with Crippen LogP contribution in [-0.2, 0) is 0 Å². The molecule has 0 radical (unpaired) electrons. The third-order valence-electron chi connectivity index (χ3n) is 4.24. The van der Waals surface area contributed by atoms with E-state index >= 15 is 0 Å². The molecule has 2 amide bonds. The Bertz CT molecular complexity index is 715. The highest BCUT2D eigenvalue weighted by Gasteiger charge is 2.39. The summed E-state index contributed by atoms with van der Waals surface area (Å²) >= 11 is 0. The second-order valence-corrected chi connectivity index (χ2v) is 5.72. The molecule has 6 heteroatoms. The molecule has 0 saturated carbocycles. The molecule has 1 fully saturated rings. The summed E-state index contributed by atoms with van der Waals surface area (Å²) in [4.78, 5) is 25.5. The van der Waals surface area contributed by atoms with Crippen molar-refractivity contribution in [1.82, 2.24) is 9.97 Å². The average molecular weight is 295 g/mol. The first-order valence-electron chi connectivity index (χ1n) is 7.45. The van der Waals surface area contributed by atoms with E-state index in [9.17, 15) is 4.79 Å². The first-order chi connectivity index (χ1) is 10.7. The number of nitrogens with one attached hydrogen (secondary N) is 1. The molecular formula is C16H17N5O. The first kappa shape index (κ1) is 13.1. The van der Waals surface area contributed by atoms with Crippen LogP contribution in [0.25, 0.3) is 0 Å². The molecule has 1 N–H and O–H groups in total. The molecular weight excluding hydrogens is 278 g/mol. The lowest BCUT2D eigenvalue weighted by Crippen LogP contribution is -2.48. The fraction of sp³-hybridized carbons (Fsp3) is 0.312.